The van der Waals surface area contributed by atoms with Gasteiger partial charge in [-0.1, -0.05) is 48.4 Å². The summed E-state index contributed by atoms with van der Waals surface area (Å²) in [5.41, 5.74) is 8.22. The normalized spacial score (nSPS) is 17.9. The predicted molar refractivity (Wildman–Crippen MR) is 109 cm³/mol. The van der Waals surface area contributed by atoms with Crippen LogP contribution in [0.2, 0.25) is 0 Å². The number of fused-ring (bicyclic) bond motifs is 1. The van der Waals surface area contributed by atoms with Crippen LogP contribution in [0.5, 0.6) is 0 Å². The number of aryl methyl sites for hydroxylation is 1. The van der Waals surface area contributed by atoms with Gasteiger partial charge in [0.25, 0.3) is 0 Å². The maximum absolute atomic E-state index is 4.47. The van der Waals surface area contributed by atoms with E-state index in [9.17, 15) is 0 Å². The Morgan fingerprint density at radius 3 is 2.30 bits per heavy atom. The van der Waals surface area contributed by atoms with E-state index in [0.717, 1.165) is 25.2 Å². The van der Waals surface area contributed by atoms with E-state index in [4.69, 9.17) is 0 Å². The molecule has 0 spiro atoms. The lowest BCUT2D eigenvalue weighted by Crippen LogP contribution is -2.35. The molecule has 0 atom stereocenters. The van der Waals surface area contributed by atoms with Crippen LogP contribution in [0.1, 0.15) is 47.2 Å². The molecule has 136 valence electrons. The summed E-state index contributed by atoms with van der Waals surface area (Å²) in [5.74, 6) is 0. The Labute approximate surface area is 161 Å². The van der Waals surface area contributed by atoms with E-state index in [1.807, 2.05) is 6.20 Å². The molecule has 0 N–H and O–H groups in total. The maximum Gasteiger partial charge on any atom is 0.115 e. The average Bonchev–Trinajstić information content (AvgIpc) is 2.69. The van der Waals surface area contributed by atoms with Crippen LogP contribution >= 0.6 is 0 Å². The van der Waals surface area contributed by atoms with Gasteiger partial charge >= 0.3 is 0 Å². The summed E-state index contributed by atoms with van der Waals surface area (Å²) >= 11 is 0. The Morgan fingerprint density at radius 2 is 1.63 bits per heavy atom. The molecule has 0 amide bonds. The molecule has 0 unspecified atom stereocenters. The van der Waals surface area contributed by atoms with Crippen molar-refractivity contribution in [3.63, 3.8) is 0 Å². The molecule has 0 bridgehead atoms. The van der Waals surface area contributed by atoms with Crippen LogP contribution in [0.15, 0.2) is 61.1 Å². The van der Waals surface area contributed by atoms with E-state index in [1.165, 1.54) is 47.2 Å². The number of nitrogens with zero attached hydrogens (tertiary/aromatic N) is 3. The van der Waals surface area contributed by atoms with Gasteiger partial charge in [0.2, 0.25) is 0 Å². The van der Waals surface area contributed by atoms with Crippen molar-refractivity contribution in [2.45, 2.75) is 44.6 Å². The van der Waals surface area contributed by atoms with E-state index in [1.54, 1.807) is 6.33 Å². The molecule has 0 saturated heterocycles. The number of hydrogen-bond donors (Lipinski definition) is 0. The van der Waals surface area contributed by atoms with Crippen molar-refractivity contribution in [2.24, 2.45) is 0 Å². The molecule has 3 nitrogen and oxygen atoms in total. The van der Waals surface area contributed by atoms with Crippen LogP contribution in [0.3, 0.4) is 0 Å². The molecular weight excluding hydrogens is 330 g/mol. The van der Waals surface area contributed by atoms with Crippen molar-refractivity contribution >= 4 is 5.69 Å². The van der Waals surface area contributed by atoms with Crippen molar-refractivity contribution in [1.82, 2.24) is 9.97 Å². The Kier molecular flexibility index (Phi) is 3.96. The fourth-order valence-corrected chi connectivity index (χ4v) is 4.61. The Balaban J connectivity index is 1.41. The van der Waals surface area contributed by atoms with E-state index in [2.05, 4.69) is 70.3 Å². The molecule has 0 radical (unpaired) electrons. The highest BCUT2D eigenvalue weighted by atomic mass is 15.1. The van der Waals surface area contributed by atoms with Gasteiger partial charge in [-0.15, -0.1) is 0 Å². The van der Waals surface area contributed by atoms with Crippen LogP contribution in [0.25, 0.3) is 0 Å². The largest absolute Gasteiger partial charge is 0.365 e. The highest BCUT2D eigenvalue weighted by Crippen LogP contribution is 2.49. The molecule has 2 heterocycles. The smallest absolute Gasteiger partial charge is 0.115 e. The summed E-state index contributed by atoms with van der Waals surface area (Å²) in [6.07, 6.45) is 8.47. The van der Waals surface area contributed by atoms with Crippen molar-refractivity contribution in [3.05, 3.63) is 89.0 Å². The summed E-state index contributed by atoms with van der Waals surface area (Å²) < 4.78 is 0. The first-order valence-corrected chi connectivity index (χ1v) is 9.95. The van der Waals surface area contributed by atoms with Gasteiger partial charge in [0.15, 0.2) is 0 Å². The van der Waals surface area contributed by atoms with Gasteiger partial charge in [-0.25, -0.2) is 9.97 Å². The van der Waals surface area contributed by atoms with Crippen LogP contribution in [0, 0.1) is 6.92 Å². The third-order valence-electron chi connectivity index (χ3n) is 6.47. The lowest BCUT2D eigenvalue weighted by atomic mass is 9.60. The van der Waals surface area contributed by atoms with Gasteiger partial charge in [-0.05, 0) is 55.0 Å². The molecular formula is C24H25N3. The molecule has 3 heteroatoms. The molecule has 5 rings (SSSR count). The molecule has 1 aromatic heterocycles. The predicted octanol–water partition coefficient (Wildman–Crippen LogP) is 4.82. The zero-order valence-corrected chi connectivity index (χ0v) is 15.9. The van der Waals surface area contributed by atoms with Gasteiger partial charge in [0.05, 0.1) is 12.2 Å². The van der Waals surface area contributed by atoms with Gasteiger partial charge in [0.1, 0.15) is 6.33 Å². The van der Waals surface area contributed by atoms with Crippen molar-refractivity contribution in [2.75, 3.05) is 11.4 Å². The molecule has 2 aliphatic rings. The zero-order chi connectivity index (χ0) is 18.3. The van der Waals surface area contributed by atoms with Crippen LogP contribution < -0.4 is 4.90 Å². The highest BCUT2D eigenvalue weighted by molar-refractivity contribution is 5.53. The molecule has 2 aromatic carbocycles. The molecule has 1 fully saturated rings. The van der Waals surface area contributed by atoms with Gasteiger partial charge in [-0.2, -0.15) is 0 Å². The van der Waals surface area contributed by atoms with Gasteiger partial charge in [-0.3, -0.25) is 0 Å². The fourth-order valence-electron chi connectivity index (χ4n) is 4.61. The number of aromatic nitrogens is 2. The minimum atomic E-state index is 0.216. The fraction of sp³-hybridized carbons (Fsp3) is 0.333. The van der Waals surface area contributed by atoms with Gasteiger partial charge < -0.3 is 4.90 Å². The SMILES string of the molecule is Cc1ccc(C2(c3ccc(N4CCc5cncnc5C4)cc3)CCC2)cc1. The minimum absolute atomic E-state index is 0.216. The van der Waals surface area contributed by atoms with Crippen LogP contribution in [-0.2, 0) is 18.4 Å². The van der Waals surface area contributed by atoms with Gasteiger partial charge in [0, 0.05) is 23.8 Å². The third-order valence-corrected chi connectivity index (χ3v) is 6.47. The number of hydrogen-bond acceptors (Lipinski definition) is 3. The molecule has 1 aliphatic carbocycles. The van der Waals surface area contributed by atoms with E-state index < -0.39 is 0 Å². The third kappa shape index (κ3) is 2.82. The minimum Gasteiger partial charge on any atom is -0.365 e. The molecule has 27 heavy (non-hydrogen) atoms. The van der Waals surface area contributed by atoms with Crippen LogP contribution in [-0.4, -0.2) is 16.5 Å². The summed E-state index contributed by atoms with van der Waals surface area (Å²) in [5, 5.41) is 0. The Hall–Kier alpha value is -2.68. The lowest BCUT2D eigenvalue weighted by Gasteiger charge is -2.43. The summed E-state index contributed by atoms with van der Waals surface area (Å²) in [6, 6.07) is 18.4. The highest BCUT2D eigenvalue weighted by Gasteiger charge is 2.40. The maximum atomic E-state index is 4.47. The second-order valence-electron chi connectivity index (χ2n) is 8.01. The first-order chi connectivity index (χ1) is 13.2. The summed E-state index contributed by atoms with van der Waals surface area (Å²) in [4.78, 5) is 11.1. The number of anilines is 1. The summed E-state index contributed by atoms with van der Waals surface area (Å²) in [6.45, 7) is 4.07. The quantitative estimate of drug-likeness (QED) is 0.675. The zero-order valence-electron chi connectivity index (χ0n) is 15.9. The molecule has 1 saturated carbocycles. The van der Waals surface area contributed by atoms with Crippen molar-refractivity contribution in [1.29, 1.82) is 0 Å². The number of rotatable bonds is 3. The Bertz CT molecular complexity index is 940. The monoisotopic (exact) mass is 355 g/mol. The first-order valence-electron chi connectivity index (χ1n) is 9.95. The molecule has 1 aliphatic heterocycles. The van der Waals surface area contributed by atoms with Crippen molar-refractivity contribution < 1.29 is 0 Å². The second-order valence-corrected chi connectivity index (χ2v) is 8.01. The summed E-state index contributed by atoms with van der Waals surface area (Å²) in [7, 11) is 0. The average molecular weight is 355 g/mol. The molecule has 3 aromatic rings. The van der Waals surface area contributed by atoms with E-state index >= 15 is 0 Å². The lowest BCUT2D eigenvalue weighted by molar-refractivity contribution is 0.301. The standard InChI is InChI=1S/C24H25N3/c1-18-3-5-20(6-4-18)24(12-2-13-24)21-7-9-22(10-8-21)27-14-11-19-15-25-17-26-23(19)16-27/h3-10,15,17H,2,11-14,16H2,1H3. The van der Waals surface area contributed by atoms with Crippen LogP contribution in [0.4, 0.5) is 5.69 Å². The second kappa shape index (κ2) is 6.49. The topological polar surface area (TPSA) is 29.0 Å². The van der Waals surface area contributed by atoms with E-state index in [-0.39, 0.29) is 5.41 Å². The Morgan fingerprint density at radius 1 is 0.926 bits per heavy atom. The first kappa shape index (κ1) is 16.5. The number of benzene rings is 2. The van der Waals surface area contributed by atoms with Crippen molar-refractivity contribution in [3.8, 4) is 0 Å². The van der Waals surface area contributed by atoms with E-state index in [0.29, 0.717) is 0 Å².